The number of benzene rings is 1. The van der Waals surface area contributed by atoms with E-state index in [2.05, 4.69) is 15.3 Å². The van der Waals surface area contributed by atoms with E-state index in [1.807, 2.05) is 36.6 Å². The highest BCUT2D eigenvalue weighted by molar-refractivity contribution is 7.89. The van der Waals surface area contributed by atoms with Crippen LogP contribution in [-0.2, 0) is 21.3 Å². The lowest BCUT2D eigenvalue weighted by Gasteiger charge is -2.26. The van der Waals surface area contributed by atoms with Crippen molar-refractivity contribution in [3.8, 4) is 0 Å². The zero-order valence-corrected chi connectivity index (χ0v) is 16.7. The molecule has 8 nitrogen and oxygen atoms in total. The predicted octanol–water partition coefficient (Wildman–Crippen LogP) is 1.98. The zero-order chi connectivity index (χ0) is 19.7. The maximum Gasteiger partial charge on any atom is 0.243 e. The third-order valence-electron chi connectivity index (χ3n) is 4.73. The average molecular weight is 401 g/mol. The van der Waals surface area contributed by atoms with Gasteiger partial charge in [-0.15, -0.1) is 0 Å². The molecule has 0 unspecified atom stereocenters. The number of rotatable bonds is 5. The number of aromatic nitrogens is 3. The lowest BCUT2D eigenvalue weighted by atomic mass is 10.3. The van der Waals surface area contributed by atoms with Gasteiger partial charge in [0.25, 0.3) is 0 Å². The molecular formula is C19H23N5O3S. The molecule has 4 rings (SSSR count). The Labute approximate surface area is 164 Å². The number of sulfonamides is 1. The molecule has 1 aromatic carbocycles. The quantitative estimate of drug-likeness (QED) is 0.703. The largest absolute Gasteiger partial charge is 0.379 e. The van der Waals surface area contributed by atoms with Crippen molar-refractivity contribution >= 4 is 21.5 Å². The molecule has 1 saturated heterocycles. The minimum absolute atomic E-state index is 0.280. The van der Waals surface area contributed by atoms with Crippen LogP contribution in [0.3, 0.4) is 0 Å². The number of fused-ring (bicyclic) bond motifs is 1. The molecule has 28 heavy (non-hydrogen) atoms. The van der Waals surface area contributed by atoms with E-state index in [0.717, 1.165) is 22.8 Å². The van der Waals surface area contributed by atoms with Gasteiger partial charge in [-0.1, -0.05) is 6.07 Å². The van der Waals surface area contributed by atoms with E-state index in [9.17, 15) is 8.42 Å². The summed E-state index contributed by atoms with van der Waals surface area (Å²) in [4.78, 5) is 9.26. The van der Waals surface area contributed by atoms with Gasteiger partial charge in [0.2, 0.25) is 15.8 Å². The molecule has 0 aliphatic carbocycles. The SMILES string of the molecule is Cc1cc(C)n2cc(CNc3cccc(S(=O)(=O)N4CCOCC4)c3)nc2n1. The molecule has 3 aromatic rings. The number of hydrogen-bond donors (Lipinski definition) is 1. The first-order valence-corrected chi connectivity index (χ1v) is 10.6. The maximum absolute atomic E-state index is 12.8. The Kier molecular flexibility index (Phi) is 5.05. The highest BCUT2D eigenvalue weighted by atomic mass is 32.2. The van der Waals surface area contributed by atoms with Crippen molar-refractivity contribution in [2.45, 2.75) is 25.3 Å². The second-order valence-corrected chi connectivity index (χ2v) is 8.78. The summed E-state index contributed by atoms with van der Waals surface area (Å²) in [5, 5.41) is 3.26. The van der Waals surface area contributed by atoms with Crippen molar-refractivity contribution in [3.63, 3.8) is 0 Å². The molecule has 1 fully saturated rings. The molecular weight excluding hydrogens is 378 g/mol. The fourth-order valence-electron chi connectivity index (χ4n) is 3.30. The van der Waals surface area contributed by atoms with Gasteiger partial charge >= 0.3 is 0 Å². The molecule has 0 amide bonds. The molecule has 3 heterocycles. The van der Waals surface area contributed by atoms with E-state index < -0.39 is 10.0 Å². The molecule has 0 bridgehead atoms. The monoisotopic (exact) mass is 401 g/mol. The Hall–Kier alpha value is -2.49. The van der Waals surface area contributed by atoms with E-state index in [0.29, 0.717) is 38.6 Å². The number of hydrogen-bond acceptors (Lipinski definition) is 6. The van der Waals surface area contributed by atoms with Gasteiger partial charge in [-0.25, -0.2) is 18.4 Å². The molecule has 9 heteroatoms. The molecule has 148 valence electrons. The summed E-state index contributed by atoms with van der Waals surface area (Å²) in [7, 11) is -3.51. The van der Waals surface area contributed by atoms with Gasteiger partial charge < -0.3 is 10.1 Å². The van der Waals surface area contributed by atoms with Crippen LogP contribution in [0.5, 0.6) is 0 Å². The van der Waals surface area contributed by atoms with Gasteiger partial charge in [-0.2, -0.15) is 4.31 Å². The Balaban J connectivity index is 1.52. The van der Waals surface area contributed by atoms with E-state index >= 15 is 0 Å². The van der Waals surface area contributed by atoms with Crippen LogP contribution in [0.15, 0.2) is 41.4 Å². The van der Waals surface area contributed by atoms with Crippen LogP contribution in [0.1, 0.15) is 17.1 Å². The lowest BCUT2D eigenvalue weighted by Crippen LogP contribution is -2.40. The van der Waals surface area contributed by atoms with E-state index in [4.69, 9.17) is 4.74 Å². The van der Waals surface area contributed by atoms with Crippen LogP contribution < -0.4 is 5.32 Å². The Morgan fingerprint density at radius 2 is 1.93 bits per heavy atom. The van der Waals surface area contributed by atoms with Gasteiger partial charge in [0.15, 0.2) is 0 Å². The van der Waals surface area contributed by atoms with Crippen molar-refractivity contribution in [1.82, 2.24) is 18.7 Å². The van der Waals surface area contributed by atoms with Crippen molar-refractivity contribution in [2.75, 3.05) is 31.6 Å². The number of aryl methyl sites for hydroxylation is 2. The van der Waals surface area contributed by atoms with E-state index in [-0.39, 0.29) is 4.90 Å². The van der Waals surface area contributed by atoms with E-state index in [1.165, 1.54) is 4.31 Å². The van der Waals surface area contributed by atoms with Gasteiger partial charge in [0.05, 0.1) is 30.3 Å². The highest BCUT2D eigenvalue weighted by Crippen LogP contribution is 2.21. The predicted molar refractivity (Wildman–Crippen MR) is 106 cm³/mol. The third kappa shape index (κ3) is 3.73. The Morgan fingerprint density at radius 1 is 1.14 bits per heavy atom. The van der Waals surface area contributed by atoms with Crippen molar-refractivity contribution in [2.24, 2.45) is 0 Å². The number of anilines is 1. The topological polar surface area (TPSA) is 88.8 Å². The summed E-state index contributed by atoms with van der Waals surface area (Å²) < 4.78 is 34.3. The fourth-order valence-corrected chi connectivity index (χ4v) is 4.75. The summed E-state index contributed by atoms with van der Waals surface area (Å²) in [5.41, 5.74) is 3.56. The number of imidazole rings is 1. The van der Waals surface area contributed by atoms with Crippen LogP contribution in [0.2, 0.25) is 0 Å². The fraction of sp³-hybridized carbons (Fsp3) is 0.368. The lowest BCUT2D eigenvalue weighted by molar-refractivity contribution is 0.0730. The van der Waals surface area contributed by atoms with Crippen LogP contribution in [0.4, 0.5) is 5.69 Å². The summed E-state index contributed by atoms with van der Waals surface area (Å²) in [6.07, 6.45) is 1.94. The zero-order valence-electron chi connectivity index (χ0n) is 15.9. The molecule has 0 spiro atoms. The van der Waals surface area contributed by atoms with Gasteiger partial charge in [0.1, 0.15) is 0 Å². The maximum atomic E-state index is 12.8. The van der Waals surface area contributed by atoms with Crippen molar-refractivity contribution in [1.29, 1.82) is 0 Å². The number of morpholine rings is 1. The van der Waals surface area contributed by atoms with Crippen molar-refractivity contribution in [3.05, 3.63) is 53.6 Å². The Morgan fingerprint density at radius 3 is 2.71 bits per heavy atom. The standard InChI is InChI=1S/C19H23N5O3S/c1-14-10-15(2)24-13-17(22-19(24)21-14)12-20-16-4-3-5-18(11-16)28(25,26)23-6-8-27-9-7-23/h3-5,10-11,13,20H,6-9,12H2,1-2H3. The molecule has 1 aliphatic heterocycles. The van der Waals surface area contributed by atoms with Crippen molar-refractivity contribution < 1.29 is 13.2 Å². The van der Waals surface area contributed by atoms with Gasteiger partial charge in [-0.3, -0.25) is 4.40 Å². The first kappa shape index (κ1) is 18.9. The number of nitrogens with one attached hydrogen (secondary N) is 1. The normalized spacial score (nSPS) is 15.8. The molecule has 0 radical (unpaired) electrons. The summed E-state index contributed by atoms with van der Waals surface area (Å²) >= 11 is 0. The second-order valence-electron chi connectivity index (χ2n) is 6.84. The summed E-state index contributed by atoms with van der Waals surface area (Å²) in [6.45, 7) is 6.05. The van der Waals surface area contributed by atoms with Crippen LogP contribution in [-0.4, -0.2) is 53.4 Å². The second kappa shape index (κ2) is 7.50. The van der Waals surface area contributed by atoms with Crippen LogP contribution >= 0.6 is 0 Å². The van der Waals surface area contributed by atoms with Gasteiger partial charge in [0, 0.05) is 36.4 Å². The Bertz CT molecular complexity index is 1100. The molecule has 1 aliphatic rings. The first-order valence-electron chi connectivity index (χ1n) is 9.17. The first-order chi connectivity index (χ1) is 13.4. The minimum atomic E-state index is -3.51. The third-order valence-corrected chi connectivity index (χ3v) is 6.62. The van der Waals surface area contributed by atoms with Crippen LogP contribution in [0, 0.1) is 13.8 Å². The highest BCUT2D eigenvalue weighted by Gasteiger charge is 2.26. The van der Waals surface area contributed by atoms with Crippen LogP contribution in [0.25, 0.3) is 5.78 Å². The van der Waals surface area contributed by atoms with E-state index in [1.54, 1.807) is 18.2 Å². The minimum Gasteiger partial charge on any atom is -0.379 e. The average Bonchev–Trinajstić information content (AvgIpc) is 3.10. The summed E-state index contributed by atoms with van der Waals surface area (Å²) in [5.74, 6) is 0.665. The molecule has 0 saturated carbocycles. The molecule has 0 atom stereocenters. The molecule has 1 N–H and O–H groups in total. The van der Waals surface area contributed by atoms with Gasteiger partial charge in [-0.05, 0) is 38.1 Å². The smallest absolute Gasteiger partial charge is 0.243 e. The molecule has 2 aromatic heterocycles. The number of nitrogens with zero attached hydrogens (tertiary/aromatic N) is 4. The number of ether oxygens (including phenoxy) is 1. The summed E-state index contributed by atoms with van der Waals surface area (Å²) in [6, 6.07) is 8.88.